The van der Waals surface area contributed by atoms with Crippen molar-refractivity contribution in [3.05, 3.63) is 52.2 Å². The molecule has 0 radical (unpaired) electrons. The van der Waals surface area contributed by atoms with Gasteiger partial charge in [-0.3, -0.25) is 4.90 Å². The van der Waals surface area contributed by atoms with Gasteiger partial charge in [0, 0.05) is 63.9 Å². The molecule has 4 rings (SSSR count). The van der Waals surface area contributed by atoms with Crippen LogP contribution >= 0.6 is 0 Å². The Bertz CT molecular complexity index is 1080. The summed E-state index contributed by atoms with van der Waals surface area (Å²) in [5, 5.41) is 11.6. The standard InChI is InChI=1S/C17H17F5N4O.C7H12O3/c1-26-6-11-12(7-26)24-16(17(21,22)8-27)25-15(11)23-5-9-3-2-4-10(13(9)18)14(19)20;1-9-7(6-8)2-4-10-5-3-7/h2-4,14,27H,5-8H2,1H3,(H,23,24,25);6H,2-5H2,1H3. The van der Waals surface area contributed by atoms with E-state index in [2.05, 4.69) is 15.3 Å². The van der Waals surface area contributed by atoms with Crippen LogP contribution in [0.15, 0.2) is 18.2 Å². The van der Waals surface area contributed by atoms with Crippen LogP contribution in [0.5, 0.6) is 0 Å². The molecule has 2 N–H and O–H groups in total. The Kier molecular flexibility index (Phi) is 9.51. The summed E-state index contributed by atoms with van der Waals surface area (Å²) in [6.45, 7) is 0.299. The molecule has 2 aromatic rings. The van der Waals surface area contributed by atoms with E-state index in [0.717, 1.165) is 12.4 Å². The van der Waals surface area contributed by atoms with E-state index in [1.54, 1.807) is 14.2 Å². The van der Waals surface area contributed by atoms with E-state index in [1.165, 1.54) is 12.1 Å². The van der Waals surface area contributed by atoms with E-state index in [4.69, 9.17) is 14.6 Å². The molecular formula is C24H29F5N4O4. The van der Waals surface area contributed by atoms with Gasteiger partial charge in [0.15, 0.2) is 6.29 Å². The van der Waals surface area contributed by atoms with Gasteiger partial charge in [-0.05, 0) is 7.05 Å². The highest BCUT2D eigenvalue weighted by atomic mass is 19.3. The number of benzene rings is 1. The Hall–Kier alpha value is -2.74. The number of ether oxygens (including phenoxy) is 2. The number of carbonyl (C=O) groups is 1. The number of rotatable bonds is 8. The molecule has 8 nitrogen and oxygen atoms in total. The van der Waals surface area contributed by atoms with Crippen molar-refractivity contribution < 1.29 is 41.3 Å². The maximum absolute atomic E-state index is 14.2. The summed E-state index contributed by atoms with van der Waals surface area (Å²) >= 11 is 0. The molecule has 2 aliphatic rings. The SMILES string of the molecule is CN1Cc2nc(C(F)(F)CO)nc(NCc3cccc(C(F)F)c3F)c2C1.COC1(C=O)CCOCC1. The number of halogens is 5. The van der Waals surface area contributed by atoms with Gasteiger partial charge < -0.3 is 24.7 Å². The van der Waals surface area contributed by atoms with Crippen LogP contribution in [0.1, 0.15) is 47.5 Å². The first-order valence-electron chi connectivity index (χ1n) is 11.5. The minimum Gasteiger partial charge on any atom is -0.390 e. The maximum atomic E-state index is 14.2. The molecule has 0 amide bonds. The third kappa shape index (κ3) is 6.78. The number of hydrogen-bond acceptors (Lipinski definition) is 8. The van der Waals surface area contributed by atoms with Gasteiger partial charge in [-0.25, -0.2) is 23.1 Å². The molecule has 0 atom stereocenters. The number of nitrogens with one attached hydrogen (secondary N) is 1. The highest BCUT2D eigenvalue weighted by Crippen LogP contribution is 2.32. The second-order valence-corrected chi connectivity index (χ2v) is 8.83. The molecule has 0 aliphatic carbocycles. The second-order valence-electron chi connectivity index (χ2n) is 8.83. The van der Waals surface area contributed by atoms with Crippen LogP contribution in [-0.2, 0) is 39.8 Å². The van der Waals surface area contributed by atoms with Gasteiger partial charge in [0.1, 0.15) is 23.8 Å². The van der Waals surface area contributed by atoms with Crippen molar-refractivity contribution in [1.82, 2.24) is 14.9 Å². The van der Waals surface area contributed by atoms with Crippen LogP contribution in [0.25, 0.3) is 0 Å². The van der Waals surface area contributed by atoms with E-state index in [9.17, 15) is 26.7 Å². The summed E-state index contributed by atoms with van der Waals surface area (Å²) in [6.07, 6.45) is -0.702. The number of aliphatic hydroxyl groups is 1. The number of aldehydes is 1. The fourth-order valence-electron chi connectivity index (χ4n) is 3.96. The highest BCUT2D eigenvalue weighted by Gasteiger charge is 2.37. The quantitative estimate of drug-likeness (QED) is 0.394. The third-order valence-electron chi connectivity index (χ3n) is 6.22. The molecule has 1 fully saturated rings. The Balaban J connectivity index is 0.000000319. The Morgan fingerprint density at radius 1 is 1.27 bits per heavy atom. The normalized spacial score (nSPS) is 17.2. The molecule has 1 aromatic heterocycles. The first kappa shape index (κ1) is 28.8. The summed E-state index contributed by atoms with van der Waals surface area (Å²) < 4.78 is 77.7. The number of carbonyl (C=O) groups excluding carboxylic acids is 1. The molecule has 3 heterocycles. The van der Waals surface area contributed by atoms with Crippen molar-refractivity contribution in [2.45, 2.75) is 50.4 Å². The smallest absolute Gasteiger partial charge is 0.329 e. The Labute approximate surface area is 210 Å². The summed E-state index contributed by atoms with van der Waals surface area (Å²) in [5.74, 6) is -5.46. The molecule has 0 bridgehead atoms. The van der Waals surface area contributed by atoms with Crippen LogP contribution in [0, 0.1) is 5.82 Å². The molecule has 0 unspecified atom stereocenters. The lowest BCUT2D eigenvalue weighted by molar-refractivity contribution is -0.139. The first-order chi connectivity index (χ1) is 17.6. The van der Waals surface area contributed by atoms with Gasteiger partial charge in [0.05, 0.1) is 11.3 Å². The zero-order valence-corrected chi connectivity index (χ0v) is 20.4. The van der Waals surface area contributed by atoms with Gasteiger partial charge in [-0.1, -0.05) is 18.2 Å². The highest BCUT2D eigenvalue weighted by molar-refractivity contribution is 5.62. The van der Waals surface area contributed by atoms with Crippen molar-refractivity contribution in [1.29, 1.82) is 0 Å². The third-order valence-corrected chi connectivity index (χ3v) is 6.22. The Morgan fingerprint density at radius 3 is 2.54 bits per heavy atom. The topological polar surface area (TPSA) is 96.8 Å². The Morgan fingerprint density at radius 2 is 1.97 bits per heavy atom. The van der Waals surface area contributed by atoms with E-state index < -0.39 is 41.8 Å². The van der Waals surface area contributed by atoms with Crippen LogP contribution in [0.2, 0.25) is 0 Å². The number of aromatic nitrogens is 2. The van der Waals surface area contributed by atoms with Crippen molar-refractivity contribution >= 4 is 12.1 Å². The molecule has 1 aromatic carbocycles. The molecule has 0 saturated carbocycles. The monoisotopic (exact) mass is 532 g/mol. The van der Waals surface area contributed by atoms with Crippen molar-refractivity contribution in [3.63, 3.8) is 0 Å². The minimum absolute atomic E-state index is 0.0398. The number of methoxy groups -OCH3 is 1. The predicted molar refractivity (Wildman–Crippen MR) is 123 cm³/mol. The van der Waals surface area contributed by atoms with E-state index in [-0.39, 0.29) is 17.9 Å². The van der Waals surface area contributed by atoms with Crippen LogP contribution < -0.4 is 5.32 Å². The zero-order valence-electron chi connectivity index (χ0n) is 20.4. The summed E-state index contributed by atoms with van der Waals surface area (Å²) in [5.41, 5.74) is -0.366. The van der Waals surface area contributed by atoms with Gasteiger partial charge >= 0.3 is 5.92 Å². The number of anilines is 1. The lowest BCUT2D eigenvalue weighted by Crippen LogP contribution is -2.39. The van der Waals surface area contributed by atoms with Crippen LogP contribution in [0.3, 0.4) is 0 Å². The molecule has 2 aliphatic heterocycles. The molecule has 37 heavy (non-hydrogen) atoms. The number of nitrogens with zero attached hydrogens (tertiary/aromatic N) is 3. The number of hydrogen-bond donors (Lipinski definition) is 2. The fraction of sp³-hybridized carbons (Fsp3) is 0.542. The zero-order chi connectivity index (χ0) is 27.2. The van der Waals surface area contributed by atoms with E-state index >= 15 is 0 Å². The summed E-state index contributed by atoms with van der Waals surface area (Å²) in [6, 6.07) is 3.61. The minimum atomic E-state index is -3.63. The lowest BCUT2D eigenvalue weighted by Gasteiger charge is -2.30. The van der Waals surface area contributed by atoms with Gasteiger partial charge in [-0.15, -0.1) is 0 Å². The van der Waals surface area contributed by atoms with E-state index in [0.29, 0.717) is 50.4 Å². The number of alkyl halides is 4. The van der Waals surface area contributed by atoms with Gasteiger partial charge in [0.2, 0.25) is 5.82 Å². The van der Waals surface area contributed by atoms with E-state index in [1.807, 2.05) is 4.90 Å². The van der Waals surface area contributed by atoms with Gasteiger partial charge in [-0.2, -0.15) is 8.78 Å². The van der Waals surface area contributed by atoms with Crippen molar-refractivity contribution in [3.8, 4) is 0 Å². The average molecular weight is 533 g/mol. The lowest BCUT2D eigenvalue weighted by atomic mass is 9.96. The van der Waals surface area contributed by atoms with Crippen molar-refractivity contribution in [2.75, 3.05) is 39.3 Å². The fourth-order valence-corrected chi connectivity index (χ4v) is 3.96. The largest absolute Gasteiger partial charge is 0.390 e. The summed E-state index contributed by atoms with van der Waals surface area (Å²) in [4.78, 5) is 20.0. The molecular weight excluding hydrogens is 503 g/mol. The first-order valence-corrected chi connectivity index (χ1v) is 11.5. The van der Waals surface area contributed by atoms with Crippen LogP contribution in [0.4, 0.5) is 27.8 Å². The molecule has 1 saturated heterocycles. The number of fused-ring (bicyclic) bond motifs is 1. The molecule has 13 heteroatoms. The van der Waals surface area contributed by atoms with Gasteiger partial charge in [0.25, 0.3) is 6.43 Å². The number of aliphatic hydroxyl groups excluding tert-OH is 1. The second kappa shape index (κ2) is 12.2. The summed E-state index contributed by atoms with van der Waals surface area (Å²) in [7, 11) is 3.33. The van der Waals surface area contributed by atoms with Crippen LogP contribution in [-0.4, -0.2) is 65.8 Å². The van der Waals surface area contributed by atoms with Crippen molar-refractivity contribution in [2.24, 2.45) is 0 Å². The molecule has 204 valence electrons. The predicted octanol–water partition coefficient (Wildman–Crippen LogP) is 3.58. The maximum Gasteiger partial charge on any atom is 0.329 e. The average Bonchev–Trinajstić information content (AvgIpc) is 3.28. The molecule has 0 spiro atoms.